The van der Waals surface area contributed by atoms with Crippen LogP contribution >= 0.6 is 0 Å². The topological polar surface area (TPSA) is 46.3 Å². The fourth-order valence-corrected chi connectivity index (χ4v) is 1.79. The lowest BCUT2D eigenvalue weighted by Crippen LogP contribution is -2.48. The molecule has 3 nitrogen and oxygen atoms in total. The number of hydrogen-bond acceptors (Lipinski definition) is 2. The molecule has 13 heavy (non-hydrogen) atoms. The number of nitrogens with zero attached hydrogens (tertiary/aromatic N) is 1. The average molecular weight is 184 g/mol. The molecule has 1 amide bonds. The Labute approximate surface area is 80.3 Å². The van der Waals surface area contributed by atoms with Crippen molar-refractivity contribution in [3.8, 4) is 0 Å². The minimum absolute atomic E-state index is 0.0622. The molecular formula is C10H20N2O. The van der Waals surface area contributed by atoms with Crippen molar-refractivity contribution in [3.05, 3.63) is 0 Å². The SMILES string of the molecule is CC(C)CC(N)N1CCCCC1=O. The van der Waals surface area contributed by atoms with E-state index in [2.05, 4.69) is 13.8 Å². The Hall–Kier alpha value is -0.570. The van der Waals surface area contributed by atoms with Gasteiger partial charge in [0.25, 0.3) is 0 Å². The summed E-state index contributed by atoms with van der Waals surface area (Å²) >= 11 is 0. The first-order chi connectivity index (χ1) is 6.11. The van der Waals surface area contributed by atoms with Gasteiger partial charge in [0.2, 0.25) is 5.91 Å². The van der Waals surface area contributed by atoms with Crippen molar-refractivity contribution in [1.82, 2.24) is 4.90 Å². The minimum atomic E-state index is -0.0622. The highest BCUT2D eigenvalue weighted by Gasteiger charge is 2.23. The van der Waals surface area contributed by atoms with Crippen LogP contribution in [-0.2, 0) is 4.79 Å². The zero-order chi connectivity index (χ0) is 9.84. The van der Waals surface area contributed by atoms with E-state index in [1.54, 1.807) is 0 Å². The van der Waals surface area contributed by atoms with Crippen LogP contribution in [0.5, 0.6) is 0 Å². The number of likely N-dealkylation sites (tertiary alicyclic amines) is 1. The lowest BCUT2D eigenvalue weighted by atomic mass is 10.0. The Morgan fingerprint density at radius 2 is 2.15 bits per heavy atom. The van der Waals surface area contributed by atoms with E-state index < -0.39 is 0 Å². The Morgan fingerprint density at radius 3 is 2.69 bits per heavy atom. The molecule has 1 aliphatic heterocycles. The van der Waals surface area contributed by atoms with Crippen molar-refractivity contribution >= 4 is 5.91 Å². The first-order valence-corrected chi connectivity index (χ1v) is 5.16. The van der Waals surface area contributed by atoms with Crippen LogP contribution in [0.2, 0.25) is 0 Å². The Balaban J connectivity index is 2.43. The van der Waals surface area contributed by atoms with E-state index in [9.17, 15) is 4.79 Å². The molecule has 0 radical (unpaired) electrons. The predicted octanol–water partition coefficient (Wildman–Crippen LogP) is 1.33. The number of amides is 1. The van der Waals surface area contributed by atoms with Crippen LogP contribution in [0.3, 0.4) is 0 Å². The lowest BCUT2D eigenvalue weighted by Gasteiger charge is -2.33. The Bertz CT molecular complexity index is 180. The van der Waals surface area contributed by atoms with Gasteiger partial charge in [0, 0.05) is 13.0 Å². The van der Waals surface area contributed by atoms with E-state index in [0.29, 0.717) is 12.3 Å². The highest BCUT2D eigenvalue weighted by molar-refractivity contribution is 5.77. The third-order valence-corrected chi connectivity index (χ3v) is 2.47. The highest BCUT2D eigenvalue weighted by Crippen LogP contribution is 2.15. The van der Waals surface area contributed by atoms with Crippen LogP contribution in [0.15, 0.2) is 0 Å². The molecule has 0 spiro atoms. The normalized spacial score (nSPS) is 20.9. The van der Waals surface area contributed by atoms with Gasteiger partial charge in [0.1, 0.15) is 0 Å². The maximum Gasteiger partial charge on any atom is 0.223 e. The van der Waals surface area contributed by atoms with Gasteiger partial charge in [-0.05, 0) is 25.2 Å². The summed E-state index contributed by atoms with van der Waals surface area (Å²) < 4.78 is 0. The van der Waals surface area contributed by atoms with Crippen molar-refractivity contribution in [3.63, 3.8) is 0 Å². The van der Waals surface area contributed by atoms with E-state index in [1.165, 1.54) is 0 Å². The number of piperidine rings is 1. The van der Waals surface area contributed by atoms with Crippen LogP contribution in [0, 0.1) is 5.92 Å². The van der Waals surface area contributed by atoms with Crippen LogP contribution in [-0.4, -0.2) is 23.5 Å². The van der Waals surface area contributed by atoms with E-state index in [0.717, 1.165) is 25.8 Å². The Kier molecular flexibility index (Phi) is 3.72. The second-order valence-electron chi connectivity index (χ2n) is 4.24. The third-order valence-electron chi connectivity index (χ3n) is 2.47. The second kappa shape index (κ2) is 4.61. The summed E-state index contributed by atoms with van der Waals surface area (Å²) in [6.45, 7) is 5.12. The zero-order valence-corrected chi connectivity index (χ0v) is 8.62. The highest BCUT2D eigenvalue weighted by atomic mass is 16.2. The minimum Gasteiger partial charge on any atom is -0.327 e. The molecule has 0 saturated carbocycles. The maximum atomic E-state index is 11.5. The summed E-state index contributed by atoms with van der Waals surface area (Å²) in [5, 5.41) is 0. The smallest absolute Gasteiger partial charge is 0.223 e. The van der Waals surface area contributed by atoms with E-state index >= 15 is 0 Å². The molecular weight excluding hydrogens is 164 g/mol. The van der Waals surface area contributed by atoms with Gasteiger partial charge in [-0.25, -0.2) is 0 Å². The number of carbonyl (C=O) groups is 1. The molecule has 1 aliphatic rings. The van der Waals surface area contributed by atoms with Crippen molar-refractivity contribution in [2.75, 3.05) is 6.54 Å². The fraction of sp³-hybridized carbons (Fsp3) is 0.900. The van der Waals surface area contributed by atoms with Gasteiger partial charge >= 0.3 is 0 Å². The molecule has 76 valence electrons. The van der Waals surface area contributed by atoms with Gasteiger partial charge < -0.3 is 10.6 Å². The molecule has 1 atom stereocenters. The first-order valence-electron chi connectivity index (χ1n) is 5.16. The summed E-state index contributed by atoms with van der Waals surface area (Å²) in [6.07, 6.45) is 3.67. The van der Waals surface area contributed by atoms with Crippen LogP contribution < -0.4 is 5.73 Å². The number of nitrogens with two attached hydrogens (primary N) is 1. The summed E-state index contributed by atoms with van der Waals surface area (Å²) in [5.74, 6) is 0.795. The lowest BCUT2D eigenvalue weighted by molar-refractivity contribution is -0.136. The van der Waals surface area contributed by atoms with Gasteiger partial charge in [-0.15, -0.1) is 0 Å². The summed E-state index contributed by atoms with van der Waals surface area (Å²) in [5.41, 5.74) is 5.94. The molecule has 0 bridgehead atoms. The predicted molar refractivity (Wildman–Crippen MR) is 53.0 cm³/mol. The largest absolute Gasteiger partial charge is 0.327 e. The molecule has 1 fully saturated rings. The fourth-order valence-electron chi connectivity index (χ4n) is 1.79. The zero-order valence-electron chi connectivity index (χ0n) is 8.62. The molecule has 1 rings (SSSR count). The first kappa shape index (κ1) is 10.5. The second-order valence-corrected chi connectivity index (χ2v) is 4.24. The molecule has 2 N–H and O–H groups in total. The summed E-state index contributed by atoms with van der Waals surface area (Å²) in [7, 11) is 0. The Morgan fingerprint density at radius 1 is 1.46 bits per heavy atom. The third kappa shape index (κ3) is 2.99. The molecule has 1 heterocycles. The number of carbonyl (C=O) groups excluding carboxylic acids is 1. The van der Waals surface area contributed by atoms with Crippen molar-refractivity contribution in [1.29, 1.82) is 0 Å². The molecule has 0 aromatic carbocycles. The summed E-state index contributed by atoms with van der Waals surface area (Å²) in [6, 6.07) is 0. The molecule has 0 aromatic heterocycles. The molecule has 3 heteroatoms. The number of hydrogen-bond donors (Lipinski definition) is 1. The molecule has 1 unspecified atom stereocenters. The standard InChI is InChI=1S/C10H20N2O/c1-8(2)7-9(11)12-6-4-3-5-10(12)13/h8-9H,3-7,11H2,1-2H3. The van der Waals surface area contributed by atoms with Crippen LogP contribution in [0.25, 0.3) is 0 Å². The van der Waals surface area contributed by atoms with E-state index in [1.807, 2.05) is 4.90 Å². The summed E-state index contributed by atoms with van der Waals surface area (Å²) in [4.78, 5) is 13.3. The van der Waals surface area contributed by atoms with Gasteiger partial charge in [0.15, 0.2) is 0 Å². The van der Waals surface area contributed by atoms with Crippen molar-refractivity contribution in [2.45, 2.75) is 45.7 Å². The number of rotatable bonds is 3. The van der Waals surface area contributed by atoms with Gasteiger partial charge in [-0.2, -0.15) is 0 Å². The van der Waals surface area contributed by atoms with Crippen molar-refractivity contribution in [2.24, 2.45) is 11.7 Å². The van der Waals surface area contributed by atoms with Crippen molar-refractivity contribution < 1.29 is 4.79 Å². The van der Waals surface area contributed by atoms with Gasteiger partial charge in [-0.1, -0.05) is 13.8 Å². The monoisotopic (exact) mass is 184 g/mol. The maximum absolute atomic E-state index is 11.5. The van der Waals surface area contributed by atoms with Crippen LogP contribution in [0.4, 0.5) is 0 Å². The molecule has 0 aromatic rings. The molecule has 0 aliphatic carbocycles. The van der Waals surface area contributed by atoms with E-state index in [-0.39, 0.29) is 12.1 Å². The van der Waals surface area contributed by atoms with Crippen LogP contribution in [0.1, 0.15) is 39.5 Å². The quantitative estimate of drug-likeness (QED) is 0.719. The van der Waals surface area contributed by atoms with Gasteiger partial charge in [-0.3, -0.25) is 4.79 Å². The van der Waals surface area contributed by atoms with E-state index in [4.69, 9.17) is 5.73 Å². The van der Waals surface area contributed by atoms with Gasteiger partial charge in [0.05, 0.1) is 6.17 Å². The average Bonchev–Trinajstić information content (AvgIpc) is 2.03. The molecule has 1 saturated heterocycles.